The summed E-state index contributed by atoms with van der Waals surface area (Å²) < 4.78 is 26.6. The van der Waals surface area contributed by atoms with Gasteiger partial charge in [0.25, 0.3) is 0 Å². The molecule has 0 unspecified atom stereocenters. The molecule has 0 amide bonds. The van der Waals surface area contributed by atoms with Crippen LogP contribution in [0.3, 0.4) is 0 Å². The van der Waals surface area contributed by atoms with Crippen LogP contribution in [0, 0.1) is 5.92 Å². The van der Waals surface area contributed by atoms with Crippen molar-refractivity contribution in [2.45, 2.75) is 23.8 Å². The lowest BCUT2D eigenvalue weighted by atomic mass is 9.81. The zero-order valence-corrected chi connectivity index (χ0v) is 16.0. The molecule has 3 aromatic heterocycles. The fraction of sp³-hybridized carbons (Fsp3) is 0.389. The van der Waals surface area contributed by atoms with Gasteiger partial charge in [-0.25, -0.2) is 18.4 Å². The lowest BCUT2D eigenvalue weighted by Crippen LogP contribution is -2.45. The molecule has 1 saturated carbocycles. The van der Waals surface area contributed by atoms with Gasteiger partial charge >= 0.3 is 0 Å². The van der Waals surface area contributed by atoms with Crippen LogP contribution in [-0.4, -0.2) is 46.8 Å². The number of hydrogen-bond donors (Lipinski definition) is 1. The second-order valence-electron chi connectivity index (χ2n) is 7.13. The van der Waals surface area contributed by atoms with Crippen LogP contribution < -0.4 is 10.5 Å². The number of aromatic nitrogens is 4. The summed E-state index contributed by atoms with van der Waals surface area (Å²) in [7, 11) is 0.130. The summed E-state index contributed by atoms with van der Waals surface area (Å²) in [4.78, 5) is 25.4. The van der Waals surface area contributed by atoms with Gasteiger partial charge < -0.3 is 14.5 Å². The van der Waals surface area contributed by atoms with Gasteiger partial charge in [-0.2, -0.15) is 0 Å². The maximum absolute atomic E-state index is 12.6. The van der Waals surface area contributed by atoms with Crippen molar-refractivity contribution in [2.24, 2.45) is 13.0 Å². The Morgan fingerprint density at radius 3 is 2.78 bits per heavy atom. The van der Waals surface area contributed by atoms with E-state index in [4.69, 9.17) is 0 Å². The highest BCUT2D eigenvalue weighted by molar-refractivity contribution is 7.91. The topological polar surface area (TPSA) is 101 Å². The lowest BCUT2D eigenvalue weighted by Gasteiger charge is -2.41. The zero-order chi connectivity index (χ0) is 19.2. The molecule has 1 fully saturated rings. The number of pyridine rings is 1. The number of aromatic amines is 1. The standard InChI is InChI=1S/C18H21N5O3S/c1-22-9-14(3-4-16(22)24)27(25,26)10-12-7-13(8-12)23(2)18-15-5-6-19-17(15)20-11-21-18/h3-6,9,11-13H,7-8,10H2,1-2H3,(H,19,20,21)/t12-,13+. The largest absolute Gasteiger partial charge is 0.356 e. The molecule has 1 aliphatic rings. The van der Waals surface area contributed by atoms with E-state index >= 15 is 0 Å². The van der Waals surface area contributed by atoms with Crippen LogP contribution in [0.15, 0.2) is 46.6 Å². The molecule has 4 rings (SSSR count). The van der Waals surface area contributed by atoms with Crippen LogP contribution in [0.25, 0.3) is 11.0 Å². The Balaban J connectivity index is 1.44. The van der Waals surface area contributed by atoms with Gasteiger partial charge in [0.05, 0.1) is 16.0 Å². The molecule has 0 aliphatic heterocycles. The molecule has 0 spiro atoms. The highest BCUT2D eigenvalue weighted by Crippen LogP contribution is 2.36. The van der Waals surface area contributed by atoms with Crippen molar-refractivity contribution < 1.29 is 8.42 Å². The van der Waals surface area contributed by atoms with Gasteiger partial charge in [-0.05, 0) is 30.9 Å². The maximum Gasteiger partial charge on any atom is 0.250 e. The minimum Gasteiger partial charge on any atom is -0.356 e. The highest BCUT2D eigenvalue weighted by Gasteiger charge is 2.36. The van der Waals surface area contributed by atoms with E-state index in [2.05, 4.69) is 19.9 Å². The fourth-order valence-corrected chi connectivity index (χ4v) is 5.30. The number of rotatable bonds is 5. The second-order valence-corrected chi connectivity index (χ2v) is 9.17. The number of fused-ring (bicyclic) bond motifs is 1. The first kappa shape index (κ1) is 17.7. The Bertz CT molecular complexity index is 1150. The van der Waals surface area contributed by atoms with E-state index < -0.39 is 9.84 Å². The van der Waals surface area contributed by atoms with E-state index in [1.165, 1.54) is 29.2 Å². The number of sulfone groups is 1. The second kappa shape index (κ2) is 6.49. The molecule has 0 saturated heterocycles. The molecule has 0 bridgehead atoms. The Hall–Kier alpha value is -2.68. The predicted octanol–water partition coefficient (Wildman–Crippen LogP) is 1.35. The summed E-state index contributed by atoms with van der Waals surface area (Å²) >= 11 is 0. The number of aryl methyl sites for hydroxylation is 1. The Morgan fingerprint density at radius 2 is 2.04 bits per heavy atom. The van der Waals surface area contributed by atoms with Crippen LogP contribution in [-0.2, 0) is 16.9 Å². The molecule has 8 nitrogen and oxygen atoms in total. The Kier molecular flexibility index (Phi) is 4.26. The maximum atomic E-state index is 12.6. The minimum atomic E-state index is -3.41. The van der Waals surface area contributed by atoms with Crippen molar-refractivity contribution in [2.75, 3.05) is 17.7 Å². The zero-order valence-electron chi connectivity index (χ0n) is 15.2. The number of hydrogen-bond acceptors (Lipinski definition) is 6. The van der Waals surface area contributed by atoms with Crippen molar-refractivity contribution in [3.63, 3.8) is 0 Å². The van der Waals surface area contributed by atoms with Crippen LogP contribution >= 0.6 is 0 Å². The molecular weight excluding hydrogens is 366 g/mol. The summed E-state index contributed by atoms with van der Waals surface area (Å²) in [6.07, 6.45) is 6.34. The van der Waals surface area contributed by atoms with E-state index in [0.717, 1.165) is 29.7 Å². The summed E-state index contributed by atoms with van der Waals surface area (Å²) in [5, 5.41) is 0.960. The number of nitrogens with zero attached hydrogens (tertiary/aromatic N) is 4. The molecule has 27 heavy (non-hydrogen) atoms. The summed E-state index contributed by atoms with van der Waals surface area (Å²) in [6, 6.07) is 4.88. The van der Waals surface area contributed by atoms with Crippen molar-refractivity contribution in [1.82, 2.24) is 19.5 Å². The van der Waals surface area contributed by atoms with Crippen LogP contribution in [0.5, 0.6) is 0 Å². The monoisotopic (exact) mass is 387 g/mol. The van der Waals surface area contributed by atoms with E-state index in [-0.39, 0.29) is 28.2 Å². The van der Waals surface area contributed by atoms with Gasteiger partial charge in [-0.3, -0.25) is 4.79 Å². The molecule has 142 valence electrons. The van der Waals surface area contributed by atoms with Gasteiger partial charge in [0.1, 0.15) is 17.8 Å². The third kappa shape index (κ3) is 3.23. The van der Waals surface area contributed by atoms with E-state index in [9.17, 15) is 13.2 Å². The van der Waals surface area contributed by atoms with Gasteiger partial charge in [0.15, 0.2) is 9.84 Å². The first-order valence-electron chi connectivity index (χ1n) is 8.75. The lowest BCUT2D eigenvalue weighted by molar-refractivity contribution is 0.282. The van der Waals surface area contributed by atoms with E-state index in [1.54, 1.807) is 7.05 Å². The molecular formula is C18H21N5O3S. The van der Waals surface area contributed by atoms with Crippen LogP contribution in [0.4, 0.5) is 5.82 Å². The number of anilines is 1. The molecule has 0 radical (unpaired) electrons. The predicted molar refractivity (Wildman–Crippen MR) is 103 cm³/mol. The Labute approximate surface area is 156 Å². The van der Waals surface area contributed by atoms with E-state index in [1.807, 2.05) is 19.3 Å². The minimum absolute atomic E-state index is 0.0961. The molecule has 0 atom stereocenters. The van der Waals surface area contributed by atoms with E-state index in [0.29, 0.717) is 0 Å². The highest BCUT2D eigenvalue weighted by atomic mass is 32.2. The third-order valence-electron chi connectivity index (χ3n) is 5.30. The average molecular weight is 387 g/mol. The first-order chi connectivity index (χ1) is 12.8. The summed E-state index contributed by atoms with van der Waals surface area (Å²) in [6.45, 7) is 0. The van der Waals surface area contributed by atoms with Gasteiger partial charge in [-0.1, -0.05) is 0 Å². The molecule has 9 heteroatoms. The quantitative estimate of drug-likeness (QED) is 0.709. The van der Waals surface area contributed by atoms with Crippen molar-refractivity contribution in [3.05, 3.63) is 47.3 Å². The molecule has 0 aromatic carbocycles. The van der Waals surface area contributed by atoms with Crippen LogP contribution in [0.2, 0.25) is 0 Å². The van der Waals surface area contributed by atoms with Crippen molar-refractivity contribution in [1.29, 1.82) is 0 Å². The molecule has 1 N–H and O–H groups in total. The Morgan fingerprint density at radius 1 is 1.26 bits per heavy atom. The SMILES string of the molecule is Cn1cc(S(=O)(=O)C[C@H]2C[C@@H](N(C)c3ncnc4[nH]ccc34)C2)ccc1=O. The number of nitrogens with one attached hydrogen (secondary N) is 1. The molecule has 3 heterocycles. The summed E-state index contributed by atoms with van der Waals surface area (Å²) in [5.41, 5.74) is 0.570. The average Bonchev–Trinajstić information content (AvgIpc) is 3.08. The van der Waals surface area contributed by atoms with Crippen LogP contribution in [0.1, 0.15) is 12.8 Å². The normalized spacial score (nSPS) is 19.8. The van der Waals surface area contributed by atoms with Crippen molar-refractivity contribution in [3.8, 4) is 0 Å². The molecule has 3 aromatic rings. The fourth-order valence-electron chi connectivity index (χ4n) is 3.62. The first-order valence-corrected chi connectivity index (χ1v) is 10.4. The third-order valence-corrected chi connectivity index (χ3v) is 7.17. The smallest absolute Gasteiger partial charge is 0.250 e. The summed E-state index contributed by atoms with van der Waals surface area (Å²) in [5.74, 6) is 1.05. The van der Waals surface area contributed by atoms with Crippen molar-refractivity contribution >= 4 is 26.7 Å². The van der Waals surface area contributed by atoms with Gasteiger partial charge in [-0.15, -0.1) is 0 Å². The number of H-pyrrole nitrogens is 1. The molecule has 1 aliphatic carbocycles. The van der Waals surface area contributed by atoms with Gasteiger partial charge in [0, 0.05) is 38.6 Å². The van der Waals surface area contributed by atoms with Gasteiger partial charge in [0.2, 0.25) is 5.56 Å².